The third-order valence-corrected chi connectivity index (χ3v) is 8.68. The zero-order valence-electron chi connectivity index (χ0n) is 21.0. The zero-order valence-corrected chi connectivity index (χ0v) is 21.7. The van der Waals surface area contributed by atoms with E-state index in [-0.39, 0.29) is 16.9 Å². The molecule has 1 aliphatic heterocycles. The van der Waals surface area contributed by atoms with Gasteiger partial charge in [-0.3, -0.25) is 0 Å². The number of halogens is 1. The molecule has 6 heteroatoms. The molecule has 0 amide bonds. The van der Waals surface area contributed by atoms with Crippen molar-refractivity contribution in [1.29, 1.82) is 0 Å². The van der Waals surface area contributed by atoms with Gasteiger partial charge < -0.3 is 19.8 Å². The first-order valence-corrected chi connectivity index (χ1v) is 13.7. The SMILES string of the molecule is CCC/C=C/[C@H](O)[C@@H]1CC[C@H]1CN1CC2(CCCc3cc(Cl)ccc32)COc2ccc(C(=O)O)cc21. The summed E-state index contributed by atoms with van der Waals surface area (Å²) in [6, 6.07) is 11.4. The first-order chi connectivity index (χ1) is 17.4. The number of rotatable bonds is 7. The fraction of sp³-hybridized carbons (Fsp3) is 0.500. The molecular formula is C30H36ClNO4. The van der Waals surface area contributed by atoms with Crippen LogP contribution in [0, 0.1) is 11.8 Å². The van der Waals surface area contributed by atoms with Gasteiger partial charge in [0.05, 0.1) is 24.0 Å². The molecule has 3 aliphatic rings. The minimum absolute atomic E-state index is 0.195. The van der Waals surface area contributed by atoms with E-state index in [1.165, 1.54) is 11.1 Å². The fourth-order valence-electron chi connectivity index (χ4n) is 6.35. The molecule has 2 N–H and O–H groups in total. The Morgan fingerprint density at radius 3 is 2.89 bits per heavy atom. The Labute approximate surface area is 218 Å². The number of hydrogen-bond donors (Lipinski definition) is 2. The van der Waals surface area contributed by atoms with Crippen LogP contribution >= 0.6 is 11.6 Å². The van der Waals surface area contributed by atoms with Crippen LogP contribution in [0.1, 0.15) is 66.9 Å². The Morgan fingerprint density at radius 1 is 1.28 bits per heavy atom. The van der Waals surface area contributed by atoms with Crippen molar-refractivity contribution < 1.29 is 19.7 Å². The standard InChI is InChI=1S/C30H36ClNO4/c1-2-3-4-7-27(33)24-11-8-22(24)17-32-18-30(14-5-6-20-15-23(31)10-12-25(20)30)19-36-28-13-9-21(29(34)35)16-26(28)32/h4,7,9-10,12-13,15-16,22,24,27,33H,2-3,5-6,8,11,14,17-19H2,1H3,(H,34,35)/b7-4+/t22-,24+,27-,30?/m0/s1. The number of aliphatic hydroxyl groups is 1. The van der Waals surface area contributed by atoms with Gasteiger partial charge in [0.1, 0.15) is 5.75 Å². The number of ether oxygens (including phenoxy) is 1. The van der Waals surface area contributed by atoms with E-state index in [1.54, 1.807) is 18.2 Å². The van der Waals surface area contributed by atoms with Gasteiger partial charge in [-0.25, -0.2) is 4.79 Å². The molecule has 1 saturated carbocycles. The van der Waals surface area contributed by atoms with Crippen LogP contribution in [0.15, 0.2) is 48.6 Å². The summed E-state index contributed by atoms with van der Waals surface area (Å²) >= 11 is 6.34. The van der Waals surface area contributed by atoms with E-state index in [0.29, 0.717) is 12.5 Å². The number of anilines is 1. The van der Waals surface area contributed by atoms with Crippen molar-refractivity contribution in [3.05, 3.63) is 70.3 Å². The summed E-state index contributed by atoms with van der Waals surface area (Å²) in [5.41, 5.74) is 3.49. The molecule has 0 bridgehead atoms. The van der Waals surface area contributed by atoms with Crippen LogP contribution < -0.4 is 9.64 Å². The lowest BCUT2D eigenvalue weighted by molar-refractivity contribution is 0.0456. The van der Waals surface area contributed by atoms with Gasteiger partial charge in [-0.15, -0.1) is 0 Å². The predicted molar refractivity (Wildman–Crippen MR) is 143 cm³/mol. The second-order valence-corrected chi connectivity index (χ2v) is 11.2. The van der Waals surface area contributed by atoms with Crippen LogP contribution in [0.2, 0.25) is 5.02 Å². The number of unbranched alkanes of at least 4 members (excludes halogenated alkanes) is 1. The zero-order chi connectivity index (χ0) is 25.3. The van der Waals surface area contributed by atoms with E-state index in [1.807, 2.05) is 12.1 Å². The quantitative estimate of drug-likeness (QED) is 0.431. The molecule has 0 radical (unpaired) electrons. The highest BCUT2D eigenvalue weighted by Crippen LogP contribution is 2.46. The Morgan fingerprint density at radius 2 is 2.14 bits per heavy atom. The van der Waals surface area contributed by atoms with E-state index >= 15 is 0 Å². The number of aryl methyl sites for hydroxylation is 1. The topological polar surface area (TPSA) is 70.0 Å². The lowest BCUT2D eigenvalue weighted by Gasteiger charge is -2.45. The van der Waals surface area contributed by atoms with Crippen molar-refractivity contribution in [1.82, 2.24) is 0 Å². The highest BCUT2D eigenvalue weighted by molar-refractivity contribution is 6.30. The Balaban J connectivity index is 1.48. The second kappa shape index (κ2) is 10.5. The lowest BCUT2D eigenvalue weighted by Crippen LogP contribution is -2.49. The molecule has 36 heavy (non-hydrogen) atoms. The number of allylic oxidation sites excluding steroid dienone is 1. The Kier molecular flexibility index (Phi) is 7.32. The van der Waals surface area contributed by atoms with Crippen LogP contribution in [-0.2, 0) is 11.8 Å². The number of aliphatic hydroxyl groups excluding tert-OH is 1. The van der Waals surface area contributed by atoms with Crippen molar-refractivity contribution in [2.45, 2.75) is 63.4 Å². The fourth-order valence-corrected chi connectivity index (χ4v) is 6.54. The van der Waals surface area contributed by atoms with Gasteiger partial charge in [-0.05, 0) is 91.8 Å². The molecule has 5 rings (SSSR count). The molecule has 1 unspecified atom stereocenters. The lowest BCUT2D eigenvalue weighted by atomic mass is 9.68. The Hall–Kier alpha value is -2.50. The number of carboxylic acid groups (broad SMARTS) is 1. The van der Waals surface area contributed by atoms with Gasteiger partial charge in [0.2, 0.25) is 0 Å². The third kappa shape index (κ3) is 4.88. The van der Waals surface area contributed by atoms with Crippen molar-refractivity contribution in [2.24, 2.45) is 11.8 Å². The van der Waals surface area contributed by atoms with Crippen LogP contribution in [-0.4, -0.2) is 42.0 Å². The molecule has 2 aromatic carbocycles. The maximum absolute atomic E-state index is 11.8. The van der Waals surface area contributed by atoms with Crippen LogP contribution in [0.5, 0.6) is 5.75 Å². The largest absolute Gasteiger partial charge is 0.490 e. The van der Waals surface area contributed by atoms with E-state index in [4.69, 9.17) is 16.3 Å². The number of nitrogens with zero attached hydrogens (tertiary/aromatic N) is 1. The molecule has 2 aromatic rings. The van der Waals surface area contributed by atoms with Gasteiger partial charge >= 0.3 is 5.97 Å². The molecule has 2 aliphatic carbocycles. The molecule has 1 heterocycles. The molecule has 1 fully saturated rings. The van der Waals surface area contributed by atoms with E-state index < -0.39 is 12.1 Å². The number of benzene rings is 2. The molecule has 4 atom stereocenters. The van der Waals surface area contributed by atoms with Crippen molar-refractivity contribution >= 4 is 23.3 Å². The number of aromatic carboxylic acids is 1. The summed E-state index contributed by atoms with van der Waals surface area (Å²) < 4.78 is 6.44. The van der Waals surface area contributed by atoms with Gasteiger partial charge in [-0.2, -0.15) is 0 Å². The van der Waals surface area contributed by atoms with Crippen LogP contribution in [0.4, 0.5) is 5.69 Å². The molecule has 0 aromatic heterocycles. The molecular weight excluding hydrogens is 474 g/mol. The number of carboxylic acids is 1. The summed E-state index contributed by atoms with van der Waals surface area (Å²) in [4.78, 5) is 14.2. The maximum atomic E-state index is 11.8. The molecule has 5 nitrogen and oxygen atoms in total. The minimum Gasteiger partial charge on any atom is -0.490 e. The van der Waals surface area contributed by atoms with Gasteiger partial charge in [0, 0.05) is 23.5 Å². The first-order valence-electron chi connectivity index (χ1n) is 13.3. The van der Waals surface area contributed by atoms with Crippen molar-refractivity contribution in [2.75, 3.05) is 24.6 Å². The second-order valence-electron chi connectivity index (χ2n) is 10.8. The summed E-state index contributed by atoms with van der Waals surface area (Å²) in [6.45, 7) is 4.21. The Bertz CT molecular complexity index is 1150. The predicted octanol–water partition coefficient (Wildman–Crippen LogP) is 6.25. The summed E-state index contributed by atoms with van der Waals surface area (Å²) in [5.74, 6) is 0.363. The average molecular weight is 510 g/mol. The average Bonchev–Trinajstić information content (AvgIpc) is 2.99. The normalized spacial score (nSPS) is 26.0. The van der Waals surface area contributed by atoms with Gasteiger partial charge in [0.15, 0.2) is 0 Å². The van der Waals surface area contributed by atoms with E-state index in [9.17, 15) is 15.0 Å². The minimum atomic E-state index is -0.938. The van der Waals surface area contributed by atoms with Gasteiger partial charge in [0.25, 0.3) is 0 Å². The van der Waals surface area contributed by atoms with Gasteiger partial charge in [-0.1, -0.05) is 43.2 Å². The van der Waals surface area contributed by atoms with E-state index in [2.05, 4.69) is 30.0 Å². The summed E-state index contributed by atoms with van der Waals surface area (Å²) in [5, 5.41) is 21.3. The van der Waals surface area contributed by atoms with Crippen molar-refractivity contribution in [3.8, 4) is 5.75 Å². The summed E-state index contributed by atoms with van der Waals surface area (Å²) in [6.07, 6.45) is 10.8. The molecule has 0 saturated heterocycles. The highest BCUT2D eigenvalue weighted by atomic mass is 35.5. The molecule has 1 spiro atoms. The van der Waals surface area contributed by atoms with Crippen LogP contribution in [0.3, 0.4) is 0 Å². The third-order valence-electron chi connectivity index (χ3n) is 8.44. The highest BCUT2D eigenvalue weighted by Gasteiger charge is 2.44. The smallest absolute Gasteiger partial charge is 0.335 e. The molecule has 192 valence electrons. The monoisotopic (exact) mass is 509 g/mol. The number of hydrogen-bond acceptors (Lipinski definition) is 4. The number of carbonyl (C=O) groups is 1. The number of fused-ring (bicyclic) bond motifs is 3. The maximum Gasteiger partial charge on any atom is 0.335 e. The van der Waals surface area contributed by atoms with Crippen LogP contribution in [0.25, 0.3) is 0 Å². The van der Waals surface area contributed by atoms with E-state index in [0.717, 1.165) is 74.5 Å². The summed E-state index contributed by atoms with van der Waals surface area (Å²) in [7, 11) is 0. The first kappa shape index (κ1) is 25.2. The van der Waals surface area contributed by atoms with Crippen molar-refractivity contribution in [3.63, 3.8) is 0 Å².